The maximum absolute atomic E-state index is 13.7. The lowest BCUT2D eigenvalue weighted by Gasteiger charge is -2.32. The van der Waals surface area contributed by atoms with Crippen LogP contribution in [-0.4, -0.2) is 75.7 Å². The molecule has 0 saturated carbocycles. The van der Waals surface area contributed by atoms with Gasteiger partial charge in [-0.15, -0.1) is 0 Å². The molecule has 2 aliphatic rings. The van der Waals surface area contributed by atoms with Crippen molar-refractivity contribution in [3.8, 4) is 5.75 Å². The second-order valence-corrected chi connectivity index (χ2v) is 13.5. The summed E-state index contributed by atoms with van der Waals surface area (Å²) in [5.41, 5.74) is -0.213. The average Bonchev–Trinajstić information content (AvgIpc) is 3.63. The standard InChI is InChI=1S/C31H39N3O8S/c1-19(2)16-34(43(38,39)22-11-9-21(40-3)10-12-22)17-26(35)24(15-20-7-5-4-6-8-20)32-27-28(30(37)29(27)36)33-25-18-42-31-23(25)13-14-41-31/h4-12,19,23-26,31-33,35H,13-18H2,1-3H3/t23-,24-,25-,26+,31+/m0/s1. The van der Waals surface area contributed by atoms with Crippen LogP contribution in [0.1, 0.15) is 25.8 Å². The molecular weight excluding hydrogens is 574 g/mol. The van der Waals surface area contributed by atoms with E-state index in [1.807, 2.05) is 44.2 Å². The summed E-state index contributed by atoms with van der Waals surface area (Å²) in [6.07, 6.45) is -0.493. The third-order valence-electron chi connectivity index (χ3n) is 8.03. The largest absolute Gasteiger partial charge is 0.497 e. The number of rotatable bonds is 14. The lowest BCUT2D eigenvalue weighted by Crippen LogP contribution is -2.49. The van der Waals surface area contributed by atoms with Crippen molar-refractivity contribution in [1.82, 2.24) is 4.31 Å². The first-order chi connectivity index (χ1) is 20.6. The smallest absolute Gasteiger partial charge is 0.253 e. The van der Waals surface area contributed by atoms with Crippen molar-refractivity contribution in [2.45, 2.75) is 56.1 Å². The molecule has 43 heavy (non-hydrogen) atoms. The van der Waals surface area contributed by atoms with E-state index in [0.717, 1.165) is 12.0 Å². The highest BCUT2D eigenvalue weighted by Gasteiger charge is 2.43. The topological polar surface area (TPSA) is 144 Å². The van der Waals surface area contributed by atoms with Crippen molar-refractivity contribution < 1.29 is 27.7 Å². The molecule has 232 valence electrons. The number of anilines is 2. The minimum absolute atomic E-state index is 0.0258. The third-order valence-corrected chi connectivity index (χ3v) is 9.88. The van der Waals surface area contributed by atoms with Crippen LogP contribution in [0.2, 0.25) is 0 Å². The second-order valence-electron chi connectivity index (χ2n) is 11.6. The molecule has 11 nitrogen and oxygen atoms in total. The van der Waals surface area contributed by atoms with Crippen molar-refractivity contribution in [2.75, 3.05) is 44.0 Å². The maximum atomic E-state index is 13.7. The number of nitrogens with zero attached hydrogens (tertiary/aromatic N) is 1. The average molecular weight is 614 g/mol. The van der Waals surface area contributed by atoms with Crippen LogP contribution in [0.4, 0.5) is 11.4 Å². The first-order valence-electron chi connectivity index (χ1n) is 14.5. The molecule has 0 amide bonds. The molecule has 0 aliphatic carbocycles. The molecule has 3 aromatic carbocycles. The molecule has 0 bridgehead atoms. The molecule has 2 saturated heterocycles. The van der Waals surface area contributed by atoms with Crippen LogP contribution in [0.3, 0.4) is 0 Å². The normalized spacial score (nSPS) is 21.7. The van der Waals surface area contributed by atoms with Crippen molar-refractivity contribution in [2.24, 2.45) is 11.8 Å². The van der Waals surface area contributed by atoms with Crippen molar-refractivity contribution in [3.63, 3.8) is 0 Å². The Balaban J connectivity index is 1.40. The van der Waals surface area contributed by atoms with Gasteiger partial charge in [-0.2, -0.15) is 4.31 Å². The number of aliphatic hydroxyl groups excluding tert-OH is 1. The van der Waals surface area contributed by atoms with Crippen LogP contribution >= 0.6 is 0 Å². The molecule has 5 atom stereocenters. The number of fused-ring (bicyclic) bond motifs is 1. The van der Waals surface area contributed by atoms with Gasteiger partial charge in [0.1, 0.15) is 17.1 Å². The summed E-state index contributed by atoms with van der Waals surface area (Å²) in [7, 11) is -2.48. The highest BCUT2D eigenvalue weighted by Crippen LogP contribution is 2.34. The fourth-order valence-electron chi connectivity index (χ4n) is 5.71. The molecule has 2 heterocycles. The Morgan fingerprint density at radius 2 is 1.70 bits per heavy atom. The molecule has 2 aliphatic heterocycles. The van der Waals surface area contributed by atoms with E-state index in [1.165, 1.54) is 23.5 Å². The molecule has 2 fully saturated rings. The Morgan fingerprint density at radius 3 is 2.37 bits per heavy atom. The maximum Gasteiger partial charge on any atom is 0.253 e. The summed E-state index contributed by atoms with van der Waals surface area (Å²) in [6, 6.07) is 14.5. The number of aliphatic hydroxyl groups is 1. The molecule has 0 aromatic heterocycles. The highest BCUT2D eigenvalue weighted by molar-refractivity contribution is 7.89. The number of hydrogen-bond donors (Lipinski definition) is 3. The summed E-state index contributed by atoms with van der Waals surface area (Å²) in [6.45, 7) is 4.65. The lowest BCUT2D eigenvalue weighted by molar-refractivity contribution is -0.0904. The van der Waals surface area contributed by atoms with Gasteiger partial charge in [0.05, 0.1) is 43.4 Å². The Labute approximate surface area is 251 Å². The predicted molar refractivity (Wildman–Crippen MR) is 163 cm³/mol. The molecule has 3 aromatic rings. The van der Waals surface area contributed by atoms with E-state index in [2.05, 4.69) is 10.6 Å². The van der Waals surface area contributed by atoms with Gasteiger partial charge < -0.3 is 30.0 Å². The zero-order valence-corrected chi connectivity index (χ0v) is 25.4. The van der Waals surface area contributed by atoms with Crippen LogP contribution < -0.4 is 26.2 Å². The molecular formula is C31H39N3O8S. The lowest BCUT2D eigenvalue weighted by atomic mass is 9.98. The van der Waals surface area contributed by atoms with Crippen LogP contribution in [0.25, 0.3) is 0 Å². The Bertz CT molecular complexity index is 1550. The van der Waals surface area contributed by atoms with E-state index >= 15 is 0 Å². The molecule has 3 N–H and O–H groups in total. The third kappa shape index (κ3) is 6.78. The number of ether oxygens (including phenoxy) is 3. The molecule has 0 spiro atoms. The van der Waals surface area contributed by atoms with Gasteiger partial charge in [0.15, 0.2) is 6.29 Å². The van der Waals surface area contributed by atoms with Crippen LogP contribution in [-0.2, 0) is 25.9 Å². The summed E-state index contributed by atoms with van der Waals surface area (Å²) in [4.78, 5) is 25.5. The highest BCUT2D eigenvalue weighted by atomic mass is 32.2. The Kier molecular flexibility index (Phi) is 9.52. The van der Waals surface area contributed by atoms with Crippen LogP contribution in [0.15, 0.2) is 69.1 Å². The summed E-state index contributed by atoms with van der Waals surface area (Å²) < 4.78 is 45.1. The summed E-state index contributed by atoms with van der Waals surface area (Å²) in [5, 5.41) is 17.9. The minimum Gasteiger partial charge on any atom is -0.497 e. The first kappa shape index (κ1) is 31.1. The van der Waals surface area contributed by atoms with Crippen molar-refractivity contribution >= 4 is 21.4 Å². The zero-order chi connectivity index (χ0) is 30.7. The first-order valence-corrected chi connectivity index (χ1v) is 16.0. The fraction of sp³-hybridized carbons (Fsp3) is 0.484. The van der Waals surface area contributed by atoms with Gasteiger partial charge in [0.2, 0.25) is 10.0 Å². The van der Waals surface area contributed by atoms with Gasteiger partial charge in [-0.1, -0.05) is 44.2 Å². The van der Waals surface area contributed by atoms with E-state index < -0.39 is 33.0 Å². The summed E-state index contributed by atoms with van der Waals surface area (Å²) in [5.74, 6) is 0.567. The predicted octanol–water partition coefficient (Wildman–Crippen LogP) is 2.20. The number of benzene rings is 2. The van der Waals surface area contributed by atoms with Crippen LogP contribution in [0.5, 0.6) is 5.75 Å². The number of nitrogens with one attached hydrogen (secondary N) is 2. The van der Waals surface area contributed by atoms with Crippen molar-refractivity contribution in [1.29, 1.82) is 0 Å². The van der Waals surface area contributed by atoms with E-state index in [1.54, 1.807) is 12.1 Å². The molecule has 12 heteroatoms. The van der Waals surface area contributed by atoms with E-state index in [9.17, 15) is 23.1 Å². The fourth-order valence-corrected chi connectivity index (χ4v) is 7.33. The Hall–Kier alpha value is -3.29. The molecule has 5 rings (SSSR count). The zero-order valence-electron chi connectivity index (χ0n) is 24.6. The van der Waals surface area contributed by atoms with Crippen molar-refractivity contribution in [3.05, 3.63) is 80.6 Å². The van der Waals surface area contributed by atoms with Gasteiger partial charge in [0, 0.05) is 19.0 Å². The number of methoxy groups -OCH3 is 1. The van der Waals surface area contributed by atoms with Gasteiger partial charge in [-0.05, 0) is 48.6 Å². The minimum atomic E-state index is -3.98. The Morgan fingerprint density at radius 1 is 1.00 bits per heavy atom. The van der Waals surface area contributed by atoms with Gasteiger partial charge >= 0.3 is 0 Å². The second kappa shape index (κ2) is 13.1. The number of sulfonamides is 1. The van der Waals surface area contributed by atoms with Gasteiger partial charge in [-0.25, -0.2) is 8.42 Å². The van der Waals surface area contributed by atoms with E-state index in [-0.39, 0.29) is 59.9 Å². The monoisotopic (exact) mass is 613 g/mol. The quantitative estimate of drug-likeness (QED) is 0.232. The molecule has 0 radical (unpaired) electrons. The van der Waals surface area contributed by atoms with Gasteiger partial charge in [0.25, 0.3) is 10.9 Å². The summed E-state index contributed by atoms with van der Waals surface area (Å²) >= 11 is 0. The van der Waals surface area contributed by atoms with Gasteiger partial charge in [-0.3, -0.25) is 9.59 Å². The molecule has 0 unspecified atom stereocenters. The van der Waals surface area contributed by atoms with E-state index in [0.29, 0.717) is 19.0 Å². The SMILES string of the molecule is COc1ccc(S(=O)(=O)N(CC(C)C)C[C@@H](O)[C@H](Cc2ccccc2)Nc2c(N[C@H]3CO[C@H]4OCC[C@H]43)c(=O)c2=O)cc1. The van der Waals surface area contributed by atoms with Crippen LogP contribution in [0, 0.1) is 11.8 Å². The van der Waals surface area contributed by atoms with E-state index in [4.69, 9.17) is 14.2 Å². The number of hydrogen-bond acceptors (Lipinski definition) is 10.